The van der Waals surface area contributed by atoms with Crippen molar-refractivity contribution >= 4 is 29.2 Å². The van der Waals surface area contributed by atoms with Crippen LogP contribution in [0, 0.1) is 6.92 Å². The van der Waals surface area contributed by atoms with Crippen LogP contribution in [0.25, 0.3) is 11.6 Å². The van der Waals surface area contributed by atoms with Gasteiger partial charge in [-0.25, -0.2) is 4.90 Å². The fourth-order valence-electron chi connectivity index (χ4n) is 3.24. The van der Waals surface area contributed by atoms with Crippen LogP contribution in [-0.4, -0.2) is 11.8 Å². The summed E-state index contributed by atoms with van der Waals surface area (Å²) in [4.78, 5) is 27.6. The van der Waals surface area contributed by atoms with Crippen LogP contribution >= 0.6 is 0 Å². The van der Waals surface area contributed by atoms with Crippen molar-refractivity contribution in [2.45, 2.75) is 6.92 Å². The van der Waals surface area contributed by atoms with Crippen molar-refractivity contribution in [3.8, 4) is 0 Å². The lowest BCUT2D eigenvalue weighted by Crippen LogP contribution is -2.42. The Morgan fingerprint density at radius 3 is 2.04 bits per heavy atom. The number of hydrogen-bond donors (Lipinski definition) is 0. The van der Waals surface area contributed by atoms with E-state index in [1.165, 1.54) is 4.90 Å². The minimum Gasteiger partial charge on any atom is -0.268 e. The maximum absolute atomic E-state index is 13.3. The average Bonchev–Trinajstić information content (AvgIpc) is 2.67. The Hall–Kier alpha value is -3.46. The van der Waals surface area contributed by atoms with Gasteiger partial charge >= 0.3 is 0 Å². The number of amides is 2. The molecule has 3 nitrogen and oxygen atoms in total. The number of para-hydroxylation sites is 1. The van der Waals surface area contributed by atoms with E-state index < -0.39 is 0 Å². The van der Waals surface area contributed by atoms with Crippen LogP contribution in [0.2, 0.25) is 0 Å². The number of carbonyl (C=O) groups excluding carboxylic acids is 2. The van der Waals surface area contributed by atoms with Crippen LogP contribution in [0.5, 0.6) is 0 Å². The van der Waals surface area contributed by atoms with Gasteiger partial charge in [-0.2, -0.15) is 0 Å². The van der Waals surface area contributed by atoms with Crippen molar-refractivity contribution in [3.05, 3.63) is 101 Å². The molecule has 0 bridgehead atoms. The van der Waals surface area contributed by atoms with E-state index in [0.717, 1.165) is 11.1 Å². The quantitative estimate of drug-likeness (QED) is 0.500. The smallest absolute Gasteiger partial charge is 0.265 e. The molecule has 0 atom stereocenters. The maximum Gasteiger partial charge on any atom is 0.265 e. The zero-order valence-corrected chi connectivity index (χ0v) is 14.3. The first-order valence-electron chi connectivity index (χ1n) is 8.47. The Labute approximate surface area is 152 Å². The topological polar surface area (TPSA) is 37.4 Å². The number of imide groups is 1. The molecule has 0 spiro atoms. The zero-order valence-electron chi connectivity index (χ0n) is 14.3. The number of rotatable bonds is 2. The molecule has 0 N–H and O–H groups in total. The first-order valence-corrected chi connectivity index (χ1v) is 8.47. The Morgan fingerprint density at radius 2 is 1.31 bits per heavy atom. The van der Waals surface area contributed by atoms with E-state index in [9.17, 15) is 9.59 Å². The van der Waals surface area contributed by atoms with Crippen LogP contribution in [0.15, 0.2) is 78.9 Å². The molecule has 3 heteroatoms. The predicted octanol–water partition coefficient (Wildman–Crippen LogP) is 4.72. The van der Waals surface area contributed by atoms with Crippen LogP contribution < -0.4 is 4.90 Å². The van der Waals surface area contributed by atoms with E-state index in [0.29, 0.717) is 22.4 Å². The summed E-state index contributed by atoms with van der Waals surface area (Å²) in [7, 11) is 0. The fourth-order valence-corrected chi connectivity index (χ4v) is 3.24. The molecular weight excluding hydrogens is 322 g/mol. The van der Waals surface area contributed by atoms with Crippen molar-refractivity contribution in [2.24, 2.45) is 0 Å². The highest BCUT2D eigenvalue weighted by molar-refractivity contribution is 6.43. The zero-order chi connectivity index (χ0) is 18.1. The number of benzene rings is 3. The molecule has 0 saturated carbocycles. The third-order valence-electron chi connectivity index (χ3n) is 4.55. The van der Waals surface area contributed by atoms with Gasteiger partial charge in [0.2, 0.25) is 0 Å². The van der Waals surface area contributed by atoms with Gasteiger partial charge < -0.3 is 0 Å². The molecule has 0 saturated heterocycles. The maximum atomic E-state index is 13.3. The van der Waals surface area contributed by atoms with Gasteiger partial charge in [-0.05, 0) is 41.8 Å². The summed E-state index contributed by atoms with van der Waals surface area (Å²) in [6, 6.07) is 24.4. The van der Waals surface area contributed by atoms with Crippen LogP contribution in [0.4, 0.5) is 5.69 Å². The summed E-state index contributed by atoms with van der Waals surface area (Å²) in [5.41, 5.74) is 4.16. The summed E-state index contributed by atoms with van der Waals surface area (Å²) >= 11 is 0. The van der Waals surface area contributed by atoms with Gasteiger partial charge in [0.25, 0.3) is 11.8 Å². The largest absolute Gasteiger partial charge is 0.268 e. The minimum atomic E-state index is -0.299. The lowest BCUT2D eigenvalue weighted by Gasteiger charge is -2.29. The van der Waals surface area contributed by atoms with Crippen molar-refractivity contribution in [1.29, 1.82) is 0 Å². The molecule has 3 aromatic rings. The van der Waals surface area contributed by atoms with E-state index in [2.05, 4.69) is 0 Å². The predicted molar refractivity (Wildman–Crippen MR) is 104 cm³/mol. The fraction of sp³-hybridized carbons (Fsp3) is 0.0435. The second-order valence-electron chi connectivity index (χ2n) is 6.25. The number of anilines is 1. The highest BCUT2D eigenvalue weighted by atomic mass is 16.2. The van der Waals surface area contributed by atoms with E-state index in [1.54, 1.807) is 12.1 Å². The number of nitrogens with zero attached hydrogens (tertiary/aromatic N) is 1. The van der Waals surface area contributed by atoms with Crippen molar-refractivity contribution in [1.82, 2.24) is 0 Å². The molecule has 1 aliphatic heterocycles. The summed E-state index contributed by atoms with van der Waals surface area (Å²) in [5, 5.41) is 0. The molecule has 1 aliphatic rings. The van der Waals surface area contributed by atoms with E-state index in [1.807, 2.05) is 79.7 Å². The summed E-state index contributed by atoms with van der Waals surface area (Å²) in [6.45, 7) is 1.90. The molecular formula is C23H17NO2. The van der Waals surface area contributed by atoms with E-state index in [-0.39, 0.29) is 11.8 Å². The molecule has 0 radical (unpaired) electrons. The number of fused-ring (bicyclic) bond motifs is 1. The van der Waals surface area contributed by atoms with Crippen molar-refractivity contribution in [2.75, 3.05) is 4.90 Å². The van der Waals surface area contributed by atoms with Crippen LogP contribution in [-0.2, 0) is 4.79 Å². The molecule has 0 aliphatic carbocycles. The summed E-state index contributed by atoms with van der Waals surface area (Å²) in [6.07, 6.45) is 1.85. The van der Waals surface area contributed by atoms with Gasteiger partial charge in [-0.1, -0.05) is 66.7 Å². The first kappa shape index (κ1) is 16.0. The van der Waals surface area contributed by atoms with Gasteiger partial charge in [0.15, 0.2) is 0 Å². The van der Waals surface area contributed by atoms with E-state index in [4.69, 9.17) is 0 Å². The normalized spacial score (nSPS) is 15.3. The van der Waals surface area contributed by atoms with Gasteiger partial charge in [0.05, 0.1) is 5.69 Å². The van der Waals surface area contributed by atoms with Crippen LogP contribution in [0.1, 0.15) is 27.0 Å². The van der Waals surface area contributed by atoms with E-state index >= 15 is 0 Å². The molecule has 0 unspecified atom stereocenters. The van der Waals surface area contributed by atoms with Crippen molar-refractivity contribution < 1.29 is 9.59 Å². The van der Waals surface area contributed by atoms with Gasteiger partial charge in [0.1, 0.15) is 0 Å². The Bertz CT molecular complexity index is 1030. The van der Waals surface area contributed by atoms with Gasteiger partial charge in [-0.3, -0.25) is 9.59 Å². The first-order chi connectivity index (χ1) is 12.7. The standard InChI is InChI=1S/C23H17NO2/c1-16-9-5-8-14-21(16)24-22(25)19-13-7-6-12-18(19)20(23(24)26)15-17-10-3-2-4-11-17/h2-15H,1H3. The van der Waals surface area contributed by atoms with Gasteiger partial charge in [0, 0.05) is 11.1 Å². The lowest BCUT2D eigenvalue weighted by molar-refractivity contribution is -0.112. The SMILES string of the molecule is Cc1ccccc1N1C(=O)C(=Cc2ccccc2)c2ccccc2C1=O. The highest BCUT2D eigenvalue weighted by Crippen LogP contribution is 2.34. The third-order valence-corrected chi connectivity index (χ3v) is 4.55. The second kappa shape index (κ2) is 6.45. The molecule has 0 fully saturated rings. The molecule has 26 heavy (non-hydrogen) atoms. The number of aryl methyl sites for hydroxylation is 1. The number of hydrogen-bond acceptors (Lipinski definition) is 2. The Morgan fingerprint density at radius 1 is 0.692 bits per heavy atom. The van der Waals surface area contributed by atoms with Gasteiger partial charge in [-0.15, -0.1) is 0 Å². The summed E-state index contributed by atoms with van der Waals surface area (Å²) in [5.74, 6) is -0.586. The molecule has 0 aromatic heterocycles. The lowest BCUT2D eigenvalue weighted by atomic mass is 9.91. The summed E-state index contributed by atoms with van der Waals surface area (Å²) < 4.78 is 0. The van der Waals surface area contributed by atoms with Crippen molar-refractivity contribution in [3.63, 3.8) is 0 Å². The highest BCUT2D eigenvalue weighted by Gasteiger charge is 2.36. The monoisotopic (exact) mass is 339 g/mol. The molecule has 3 aromatic carbocycles. The minimum absolute atomic E-state index is 0.287. The molecule has 126 valence electrons. The van der Waals surface area contributed by atoms with Crippen LogP contribution in [0.3, 0.4) is 0 Å². The Kier molecular flexibility index (Phi) is 3.98. The Balaban J connectivity index is 1.93. The third kappa shape index (κ3) is 2.64. The second-order valence-corrected chi connectivity index (χ2v) is 6.25. The molecule has 1 heterocycles. The number of carbonyl (C=O) groups is 2. The average molecular weight is 339 g/mol. The molecule has 4 rings (SSSR count). The molecule has 2 amide bonds.